The quantitative estimate of drug-likeness (QED) is 0.0205. The van der Waals surface area contributed by atoms with Gasteiger partial charge in [-0.2, -0.15) is 45.0 Å². The minimum absolute atomic E-state index is 0. The first-order chi connectivity index (χ1) is 53.5. The summed E-state index contributed by atoms with van der Waals surface area (Å²) in [6, 6.07) is 32.2. The van der Waals surface area contributed by atoms with E-state index in [0.29, 0.717) is 18.4 Å². The van der Waals surface area contributed by atoms with Crippen molar-refractivity contribution in [2.24, 2.45) is 23.3 Å². The van der Waals surface area contributed by atoms with E-state index in [1.54, 1.807) is 25.5 Å². The van der Waals surface area contributed by atoms with Gasteiger partial charge >= 0.3 is 23.5 Å². The van der Waals surface area contributed by atoms with Crippen LogP contribution in [-0.4, -0.2) is 270 Å². The number of fused-ring (bicyclic) bond motifs is 2. The van der Waals surface area contributed by atoms with Crippen LogP contribution in [0.25, 0.3) is 11.1 Å². The molecule has 0 aromatic heterocycles. The second kappa shape index (κ2) is 45.2. The SMILES string of the molecule is C=COC.CC(=O)CC#CC1=CN(C2OC(CO)C(O)C2O)C(=O)CC1N.NC1CC(=O)N(C2OC(CO)C(O)C2O)C=C1I.O=C1CC2CC=CC2=CN1C1OC(CO)C(O)C1O.O=C1NC2CC=CC2=CC1C1OC(COP(=O)(O)OP(=O)(O)OP(=O)(O)O)C(O)C1O.[Pd].[c-]1ccccc1.c1ccc(-c2ccccc2)cc1. The molecule has 10 aliphatic rings. The number of nitrogens with two attached hydrogens (primary N) is 2. The van der Waals surface area contributed by atoms with Crippen LogP contribution in [-0.2, 0) is 94.9 Å². The molecule has 0 bridgehead atoms. The fourth-order valence-electron chi connectivity index (χ4n) is 12.3. The Bertz CT molecular complexity index is 4060. The number of aliphatic hydroxyl groups excluding tert-OH is 11. The van der Waals surface area contributed by atoms with E-state index in [0.717, 1.165) is 26.0 Å². The first-order valence-electron chi connectivity index (χ1n) is 34.9. The molecule has 8 heterocycles. The number of rotatable bonds is 17. The molecule has 4 fully saturated rings. The molecule has 630 valence electrons. The van der Waals surface area contributed by atoms with Crippen LogP contribution >= 0.6 is 46.1 Å². The number of ether oxygens (including phenoxy) is 5. The molecule has 0 radical (unpaired) electrons. The van der Waals surface area contributed by atoms with E-state index in [9.17, 15) is 83.4 Å². The number of benzene rings is 3. The van der Waals surface area contributed by atoms with Gasteiger partial charge < -0.3 is 116 Å². The Balaban J connectivity index is 0.000000219. The summed E-state index contributed by atoms with van der Waals surface area (Å²) in [5, 5.41) is 109. The minimum atomic E-state index is -5.70. The molecular formula is C72H93IN6O31P3Pd-. The average Bonchev–Trinajstić information content (AvgIpc) is 1.73. The van der Waals surface area contributed by atoms with Crippen molar-refractivity contribution in [3.05, 3.63) is 179 Å². The first kappa shape index (κ1) is 96.7. The van der Waals surface area contributed by atoms with Crippen molar-refractivity contribution in [1.29, 1.82) is 0 Å². The van der Waals surface area contributed by atoms with Crippen molar-refractivity contribution in [3.8, 4) is 23.0 Å². The summed E-state index contributed by atoms with van der Waals surface area (Å²) in [5.74, 6) is 3.33. The Morgan fingerprint density at radius 3 is 1.54 bits per heavy atom. The standard InChI is InChI=1S/C15H20N2O6.C13H20NO14P3.C13H17NO5.C12H10.C10H15IN2O5.C6H5.C3H6O.Pd/c1-8(19)3-2-4-9-6-17(12(20)5-10(9)16)15-14(22)13(21)11(7-18)23-15;15-10-9(5-25-30(21,22)28-31(23,24)27-29(18,19)20)26-12(11(10)16)7-4-6-2-1-3-8(6)14-13(7)17;15-6-9-11(17)12(18)13(19-9)14-5-8-3-1-2-7(8)4-10(14)16;1-3-7-11(8-4-1)12-9-5-2-6-10-12;11-4-2-13(7(15)1-5(4)12)10-9(17)8(16)6(3-14)18-10;1-2-4-6-5-3-1;1-3-4-2;/h6,10-11,13-15,18,21-22H,3,5,7,16H2,1H3;1-2,4,7-12,15-16H,3,5H2,(H,14,17)(H,21,22)(H,23,24)(H2,18,19,20);1,3,5,7,9,11-13,15,17-18H,2,4,6H2;1-10H;2,5-6,8-10,14,16-17H,1,3,12H2;1-5H;3H,1H2,2H3;/q;;;;;-1;;. The van der Waals surface area contributed by atoms with Crippen LogP contribution in [0.3, 0.4) is 0 Å². The molecule has 13 rings (SSSR count). The maximum absolute atomic E-state index is 12.3. The van der Waals surface area contributed by atoms with E-state index in [2.05, 4.69) is 96.2 Å². The Morgan fingerprint density at radius 1 is 0.623 bits per heavy atom. The fourth-order valence-corrected chi connectivity index (χ4v) is 15.9. The van der Waals surface area contributed by atoms with Crippen molar-refractivity contribution < 1.29 is 171 Å². The number of aliphatic hydroxyl groups is 11. The third kappa shape index (κ3) is 27.2. The maximum Gasteiger partial charge on any atom is 0.490 e. The van der Waals surface area contributed by atoms with Crippen LogP contribution in [0.5, 0.6) is 0 Å². The number of carbonyl (C=O) groups is 5. The summed E-state index contributed by atoms with van der Waals surface area (Å²) in [7, 11) is -15.1. The van der Waals surface area contributed by atoms with E-state index in [4.69, 9.17) is 60.4 Å². The molecule has 4 saturated heterocycles. The molecule has 23 unspecified atom stereocenters. The van der Waals surface area contributed by atoms with Crippen molar-refractivity contribution in [2.45, 2.75) is 162 Å². The molecule has 0 spiro atoms. The van der Waals surface area contributed by atoms with Crippen molar-refractivity contribution >= 4 is 75.5 Å². The molecule has 0 saturated carbocycles. The number of halogens is 1. The van der Waals surface area contributed by atoms with E-state index in [-0.39, 0.29) is 81.2 Å². The van der Waals surface area contributed by atoms with Gasteiger partial charge in [-0.05, 0) is 70.5 Å². The fraction of sp³-hybridized carbons (Fsp3) is 0.458. The van der Waals surface area contributed by atoms with Gasteiger partial charge in [0.1, 0.15) is 85.1 Å². The van der Waals surface area contributed by atoms with Crippen LogP contribution in [0.15, 0.2) is 173 Å². The van der Waals surface area contributed by atoms with Crippen molar-refractivity contribution in [2.75, 3.05) is 33.5 Å². The van der Waals surface area contributed by atoms with Gasteiger partial charge in [0.15, 0.2) is 18.7 Å². The Kier molecular flexibility index (Phi) is 38.3. The Morgan fingerprint density at radius 2 is 1.08 bits per heavy atom. The number of Topliss-reactive ketones (excluding diaryl/α,β-unsaturated/α-hetero) is 1. The average molecular weight is 1860 g/mol. The zero-order valence-electron chi connectivity index (χ0n) is 61.0. The minimum Gasteiger partial charge on any atom is -0.505 e. The molecule has 114 heavy (non-hydrogen) atoms. The van der Waals surface area contributed by atoms with Gasteiger partial charge in [0.05, 0.1) is 58.2 Å². The number of hydrogen-bond acceptors (Lipinski definition) is 29. The molecule has 3 aromatic rings. The smallest absolute Gasteiger partial charge is 0.490 e. The molecule has 42 heteroatoms. The van der Waals surface area contributed by atoms with E-state index < -0.39 is 166 Å². The normalized spacial score (nSPS) is 32.0. The maximum atomic E-state index is 12.3. The number of phosphoric ester groups is 1. The Labute approximate surface area is 682 Å². The number of hydrogen-bond donors (Lipinski definition) is 18. The summed E-state index contributed by atoms with van der Waals surface area (Å²) in [5.41, 5.74) is 16.4. The second-order valence-electron chi connectivity index (χ2n) is 26.3. The molecule has 8 aliphatic heterocycles. The zero-order valence-corrected chi connectivity index (χ0v) is 67.4. The molecule has 37 nitrogen and oxygen atoms in total. The van der Waals surface area contributed by atoms with Crippen LogP contribution < -0.4 is 16.8 Å². The van der Waals surface area contributed by atoms with E-state index in [1.165, 1.54) is 46.5 Å². The number of amides is 4. The molecule has 3 aromatic carbocycles. The number of nitrogens with one attached hydrogen (secondary N) is 1. The van der Waals surface area contributed by atoms with Gasteiger partial charge in [0.2, 0.25) is 23.6 Å². The van der Waals surface area contributed by atoms with Crippen molar-refractivity contribution in [3.63, 3.8) is 0 Å². The van der Waals surface area contributed by atoms with Crippen LogP contribution in [0.1, 0.15) is 45.4 Å². The molecule has 23 atom stereocenters. The summed E-state index contributed by atoms with van der Waals surface area (Å²) in [6.45, 7) is 2.43. The van der Waals surface area contributed by atoms with Gasteiger partial charge in [0, 0.05) is 79.5 Å². The number of phosphoric acid groups is 3. The molecule has 4 amide bonds. The Hall–Kier alpha value is -6.13. The van der Waals surface area contributed by atoms with Crippen LogP contribution in [0.2, 0.25) is 0 Å². The first-order valence-corrected chi connectivity index (χ1v) is 40.5. The monoisotopic (exact) mass is 1860 g/mol. The third-order valence-electron chi connectivity index (χ3n) is 18.1. The van der Waals surface area contributed by atoms with Crippen LogP contribution in [0.4, 0.5) is 0 Å². The van der Waals surface area contributed by atoms with Gasteiger partial charge in [-0.1, -0.05) is 109 Å². The van der Waals surface area contributed by atoms with Gasteiger partial charge in [-0.3, -0.25) is 43.2 Å². The van der Waals surface area contributed by atoms with Gasteiger partial charge in [-0.25, -0.2) is 13.7 Å². The summed E-state index contributed by atoms with van der Waals surface area (Å²) in [4.78, 5) is 98.6. The summed E-state index contributed by atoms with van der Waals surface area (Å²) in [6.07, 6.45) is -2.02. The van der Waals surface area contributed by atoms with Gasteiger partial charge in [0.25, 0.3) is 0 Å². The number of ketones is 1. The summed E-state index contributed by atoms with van der Waals surface area (Å²) < 4.78 is 71.8. The largest absolute Gasteiger partial charge is 0.505 e. The molecular weight excluding hydrogens is 1770 g/mol. The van der Waals surface area contributed by atoms with Gasteiger partial charge in [-0.15, -0.1) is 0 Å². The number of carbonyl (C=O) groups excluding carboxylic acids is 5. The zero-order chi connectivity index (χ0) is 83.2. The topological polar surface area (TPSA) is 588 Å². The molecule has 20 N–H and O–H groups in total. The number of methoxy groups -OCH3 is 1. The third-order valence-corrected chi connectivity index (χ3v) is 23.0. The predicted octanol–water partition coefficient (Wildman–Crippen LogP) is -0.336. The number of allylic oxidation sites excluding steroid dienone is 3. The predicted molar refractivity (Wildman–Crippen MR) is 404 cm³/mol. The van der Waals surface area contributed by atoms with Crippen molar-refractivity contribution in [1.82, 2.24) is 20.0 Å². The van der Waals surface area contributed by atoms with Crippen LogP contribution in [0, 0.1) is 29.7 Å². The summed E-state index contributed by atoms with van der Waals surface area (Å²) >= 11 is 2.01. The van der Waals surface area contributed by atoms with E-state index >= 15 is 0 Å². The number of nitrogens with zero attached hydrogens (tertiary/aromatic N) is 3. The van der Waals surface area contributed by atoms with E-state index in [1.807, 2.05) is 83.3 Å². The molecule has 2 aliphatic carbocycles. The second-order valence-corrected chi connectivity index (χ2v) is 31.9.